The van der Waals surface area contributed by atoms with Gasteiger partial charge in [0.05, 0.1) is 5.69 Å². The molecule has 8 rings (SSSR count). The molecule has 5 aromatic rings. The first-order valence-corrected chi connectivity index (χ1v) is 17.5. The first-order valence-electron chi connectivity index (χ1n) is 17.5. The van der Waals surface area contributed by atoms with E-state index in [4.69, 9.17) is 0 Å². The first-order chi connectivity index (χ1) is 24.0. The average molecular weight is 635 g/mol. The van der Waals surface area contributed by atoms with Crippen LogP contribution in [0, 0.1) is 0 Å². The molecule has 0 spiro atoms. The Hall–Kier alpha value is -5.60. The normalized spacial score (nSPS) is 16.1. The van der Waals surface area contributed by atoms with E-state index in [1.165, 1.54) is 68.0 Å². The number of fused-ring (bicyclic) bond motifs is 5. The molecule has 49 heavy (non-hydrogen) atoms. The molecule has 0 bridgehead atoms. The minimum atomic E-state index is -0.0770. The molecule has 0 radical (unpaired) electrons. The number of rotatable bonds is 6. The van der Waals surface area contributed by atoms with Crippen LogP contribution in [0.4, 0.5) is 22.7 Å². The SMILES string of the molecule is C/C=C\C=C/C1=CC=Cc2ccccc2N1c1ccc(/C=C/c2ccc3c(c2)C(C)(C)c2cc(N4CCCc5ccccc54)ccc2-3)cc1. The van der Waals surface area contributed by atoms with Crippen molar-refractivity contribution in [3.63, 3.8) is 0 Å². The van der Waals surface area contributed by atoms with Crippen LogP contribution in [0.5, 0.6) is 0 Å². The molecule has 2 heteroatoms. The minimum Gasteiger partial charge on any atom is -0.341 e. The molecule has 0 atom stereocenters. The van der Waals surface area contributed by atoms with Gasteiger partial charge in [-0.25, -0.2) is 0 Å². The van der Waals surface area contributed by atoms with Crippen molar-refractivity contribution >= 4 is 41.0 Å². The Labute approximate surface area is 291 Å². The predicted molar refractivity (Wildman–Crippen MR) is 211 cm³/mol. The van der Waals surface area contributed by atoms with E-state index in [9.17, 15) is 0 Å². The van der Waals surface area contributed by atoms with E-state index >= 15 is 0 Å². The van der Waals surface area contributed by atoms with Gasteiger partial charge in [-0.1, -0.05) is 129 Å². The van der Waals surface area contributed by atoms with Crippen molar-refractivity contribution < 1.29 is 0 Å². The smallest absolute Gasteiger partial charge is 0.0533 e. The fourth-order valence-corrected chi connectivity index (χ4v) is 7.72. The van der Waals surface area contributed by atoms with Crippen molar-refractivity contribution in [1.29, 1.82) is 0 Å². The molecular formula is C47H42N2. The van der Waals surface area contributed by atoms with Crippen molar-refractivity contribution in [2.24, 2.45) is 0 Å². The van der Waals surface area contributed by atoms with Gasteiger partial charge in [-0.15, -0.1) is 0 Å². The third kappa shape index (κ3) is 5.68. The molecule has 0 amide bonds. The summed E-state index contributed by atoms with van der Waals surface area (Å²) in [5, 5.41) is 0. The Balaban J connectivity index is 1.05. The second-order valence-corrected chi connectivity index (χ2v) is 13.7. The quantitative estimate of drug-likeness (QED) is 0.135. The van der Waals surface area contributed by atoms with Gasteiger partial charge in [0.2, 0.25) is 0 Å². The Morgan fingerprint density at radius 3 is 2.18 bits per heavy atom. The molecule has 3 aliphatic rings. The van der Waals surface area contributed by atoms with Gasteiger partial charge >= 0.3 is 0 Å². The lowest BCUT2D eigenvalue weighted by Crippen LogP contribution is -2.25. The third-order valence-electron chi connectivity index (χ3n) is 10.3. The zero-order chi connectivity index (χ0) is 33.4. The van der Waals surface area contributed by atoms with Crippen molar-refractivity contribution in [2.75, 3.05) is 16.3 Å². The number of nitrogens with zero attached hydrogens (tertiary/aromatic N) is 2. The van der Waals surface area contributed by atoms with Crippen LogP contribution in [-0.4, -0.2) is 6.54 Å². The molecule has 0 saturated heterocycles. The highest BCUT2D eigenvalue weighted by Crippen LogP contribution is 2.50. The minimum absolute atomic E-state index is 0.0770. The molecule has 5 aromatic carbocycles. The highest BCUT2D eigenvalue weighted by atomic mass is 15.2. The standard InChI is InChI=1S/C47H42N2/c1-4-5-6-17-38-18-11-15-37-14-8-10-20-46(37)49(38)39-26-23-34(24-27-39)21-22-35-25-29-41-42-30-28-40(33-44(42)47(2,3)43(41)32-35)48-31-12-16-36-13-7-9-19-45(36)48/h4-11,13-15,17-30,32-33H,12,16,31H2,1-3H3/b5-4-,17-6-,22-21+. The van der Waals surface area contributed by atoms with Crippen molar-refractivity contribution in [1.82, 2.24) is 0 Å². The number of para-hydroxylation sites is 2. The number of anilines is 4. The molecule has 240 valence electrons. The summed E-state index contributed by atoms with van der Waals surface area (Å²) in [6.07, 6.45) is 21.7. The lowest BCUT2D eigenvalue weighted by Gasteiger charge is -2.32. The predicted octanol–water partition coefficient (Wildman–Crippen LogP) is 12.4. The van der Waals surface area contributed by atoms with E-state index in [-0.39, 0.29) is 5.41 Å². The fraction of sp³-hybridized carbons (Fsp3) is 0.149. The van der Waals surface area contributed by atoms with Gasteiger partial charge in [-0.2, -0.15) is 0 Å². The molecule has 0 saturated carbocycles. The molecular weight excluding hydrogens is 593 g/mol. The first kappa shape index (κ1) is 30.7. The summed E-state index contributed by atoms with van der Waals surface area (Å²) in [6.45, 7) is 7.86. The number of hydrogen-bond acceptors (Lipinski definition) is 2. The van der Waals surface area contributed by atoms with Crippen molar-refractivity contribution in [3.05, 3.63) is 185 Å². The van der Waals surface area contributed by atoms with Crippen LogP contribution >= 0.6 is 0 Å². The summed E-state index contributed by atoms with van der Waals surface area (Å²) in [5.74, 6) is 0. The second kappa shape index (κ2) is 12.8. The summed E-state index contributed by atoms with van der Waals surface area (Å²) in [6, 6.07) is 40.4. The van der Waals surface area contributed by atoms with Crippen LogP contribution < -0.4 is 9.80 Å². The average Bonchev–Trinajstić information content (AvgIpc) is 3.24. The van der Waals surface area contributed by atoms with Crippen molar-refractivity contribution in [3.8, 4) is 11.1 Å². The van der Waals surface area contributed by atoms with Gasteiger partial charge in [-0.3, -0.25) is 0 Å². The number of aryl methyl sites for hydroxylation is 1. The van der Waals surface area contributed by atoms with Crippen LogP contribution in [0.25, 0.3) is 29.4 Å². The van der Waals surface area contributed by atoms with E-state index in [1.807, 2.05) is 6.92 Å². The highest BCUT2D eigenvalue weighted by molar-refractivity contribution is 5.86. The molecule has 0 fully saturated rings. The molecule has 2 nitrogen and oxygen atoms in total. The van der Waals surface area contributed by atoms with Crippen molar-refractivity contribution in [2.45, 2.75) is 39.0 Å². The summed E-state index contributed by atoms with van der Waals surface area (Å²) in [4.78, 5) is 4.84. The van der Waals surface area contributed by atoms with Gasteiger partial charge in [0.1, 0.15) is 0 Å². The monoisotopic (exact) mass is 634 g/mol. The zero-order valence-electron chi connectivity index (χ0n) is 28.6. The van der Waals surface area contributed by atoms with E-state index in [1.54, 1.807) is 0 Å². The van der Waals surface area contributed by atoms with Gasteiger partial charge in [0.25, 0.3) is 0 Å². The number of hydrogen-bond donors (Lipinski definition) is 0. The Morgan fingerprint density at radius 2 is 1.35 bits per heavy atom. The maximum absolute atomic E-state index is 2.51. The molecule has 0 aromatic heterocycles. The van der Waals surface area contributed by atoms with Crippen LogP contribution in [0.1, 0.15) is 60.6 Å². The topological polar surface area (TPSA) is 6.48 Å². The van der Waals surface area contributed by atoms with Crippen LogP contribution in [0.2, 0.25) is 0 Å². The van der Waals surface area contributed by atoms with E-state index in [2.05, 4.69) is 188 Å². The highest BCUT2D eigenvalue weighted by Gasteiger charge is 2.36. The van der Waals surface area contributed by atoms with E-state index in [0.717, 1.165) is 24.4 Å². The van der Waals surface area contributed by atoms with Crippen LogP contribution in [0.15, 0.2) is 151 Å². The van der Waals surface area contributed by atoms with E-state index in [0.29, 0.717) is 0 Å². The summed E-state index contributed by atoms with van der Waals surface area (Å²) in [5.41, 5.74) is 16.6. The second-order valence-electron chi connectivity index (χ2n) is 13.7. The molecule has 0 N–H and O–H groups in total. The lowest BCUT2D eigenvalue weighted by atomic mass is 9.81. The van der Waals surface area contributed by atoms with Gasteiger partial charge < -0.3 is 9.80 Å². The molecule has 0 unspecified atom stereocenters. The lowest BCUT2D eigenvalue weighted by molar-refractivity contribution is 0.659. The number of allylic oxidation sites excluding steroid dienone is 6. The van der Waals surface area contributed by atoms with Crippen LogP contribution in [-0.2, 0) is 11.8 Å². The van der Waals surface area contributed by atoms with Crippen LogP contribution in [0.3, 0.4) is 0 Å². The maximum atomic E-state index is 2.51. The Kier molecular flexibility index (Phi) is 8.01. The van der Waals surface area contributed by atoms with Gasteiger partial charge in [0, 0.05) is 34.7 Å². The molecule has 2 aliphatic heterocycles. The van der Waals surface area contributed by atoms with Gasteiger partial charge in [0.15, 0.2) is 0 Å². The Morgan fingerprint density at radius 1 is 0.653 bits per heavy atom. The molecule has 2 heterocycles. The third-order valence-corrected chi connectivity index (χ3v) is 10.3. The van der Waals surface area contributed by atoms with E-state index < -0.39 is 0 Å². The largest absolute Gasteiger partial charge is 0.341 e. The van der Waals surface area contributed by atoms with Gasteiger partial charge in [-0.05, 0) is 113 Å². The number of benzene rings is 5. The zero-order valence-corrected chi connectivity index (χ0v) is 28.6. The Bertz CT molecular complexity index is 2190. The summed E-state index contributed by atoms with van der Waals surface area (Å²) >= 11 is 0. The fourth-order valence-electron chi connectivity index (χ4n) is 7.72. The summed E-state index contributed by atoms with van der Waals surface area (Å²) < 4.78 is 0. The maximum Gasteiger partial charge on any atom is 0.0533 e. The molecule has 1 aliphatic carbocycles. The summed E-state index contributed by atoms with van der Waals surface area (Å²) in [7, 11) is 0.